The lowest BCUT2D eigenvalue weighted by Gasteiger charge is -2.21. The molecule has 5 rings (SSSR count). The van der Waals surface area contributed by atoms with Gasteiger partial charge in [0.05, 0.1) is 11.1 Å². The lowest BCUT2D eigenvalue weighted by Crippen LogP contribution is -2.37. The maximum atomic E-state index is 12.7. The average molecular weight is 399 g/mol. The number of ether oxygens (including phenoxy) is 1. The molecule has 0 atom stereocenters. The van der Waals surface area contributed by atoms with Crippen molar-refractivity contribution in [3.8, 4) is 11.1 Å². The third-order valence-corrected chi connectivity index (χ3v) is 6.11. The SMILES string of the molecule is O=C(NC1(c2ccccc2C(=O)O)CC1)OCC1c2ccccc2-c2ccccc21. The fourth-order valence-corrected chi connectivity index (χ4v) is 4.50. The van der Waals surface area contributed by atoms with E-state index in [1.165, 1.54) is 11.1 Å². The average Bonchev–Trinajstić information content (AvgIpc) is 3.47. The Morgan fingerprint density at radius 3 is 2.07 bits per heavy atom. The van der Waals surface area contributed by atoms with Crippen molar-refractivity contribution in [3.63, 3.8) is 0 Å². The van der Waals surface area contributed by atoms with Gasteiger partial charge >= 0.3 is 12.1 Å². The van der Waals surface area contributed by atoms with Crippen LogP contribution in [0.1, 0.15) is 45.8 Å². The molecule has 1 fully saturated rings. The third-order valence-electron chi connectivity index (χ3n) is 6.11. The summed E-state index contributed by atoms with van der Waals surface area (Å²) < 4.78 is 5.64. The van der Waals surface area contributed by atoms with Crippen LogP contribution in [0.5, 0.6) is 0 Å². The Balaban J connectivity index is 1.33. The minimum absolute atomic E-state index is 0.00962. The van der Waals surface area contributed by atoms with Crippen LogP contribution >= 0.6 is 0 Å². The van der Waals surface area contributed by atoms with Crippen LogP contribution in [0.3, 0.4) is 0 Å². The molecule has 0 saturated heterocycles. The van der Waals surface area contributed by atoms with Crippen LogP contribution in [-0.2, 0) is 10.3 Å². The van der Waals surface area contributed by atoms with Crippen LogP contribution in [0.15, 0.2) is 72.8 Å². The number of alkyl carbamates (subject to hydrolysis) is 1. The van der Waals surface area contributed by atoms with Crippen molar-refractivity contribution >= 4 is 12.1 Å². The number of carbonyl (C=O) groups is 2. The van der Waals surface area contributed by atoms with Crippen molar-refractivity contribution in [1.29, 1.82) is 0 Å². The monoisotopic (exact) mass is 399 g/mol. The van der Waals surface area contributed by atoms with E-state index >= 15 is 0 Å². The van der Waals surface area contributed by atoms with E-state index < -0.39 is 17.6 Å². The number of benzene rings is 3. The minimum Gasteiger partial charge on any atom is -0.478 e. The molecule has 5 nitrogen and oxygen atoms in total. The number of carboxylic acids is 1. The van der Waals surface area contributed by atoms with Gasteiger partial charge in [0, 0.05) is 5.92 Å². The van der Waals surface area contributed by atoms with Crippen molar-refractivity contribution in [2.24, 2.45) is 0 Å². The predicted molar refractivity (Wildman–Crippen MR) is 113 cm³/mol. The zero-order valence-corrected chi connectivity index (χ0v) is 16.3. The van der Waals surface area contributed by atoms with Gasteiger partial charge in [0.25, 0.3) is 0 Å². The number of amides is 1. The van der Waals surface area contributed by atoms with Gasteiger partial charge in [-0.05, 0) is 46.7 Å². The second-order valence-corrected chi connectivity index (χ2v) is 7.88. The third kappa shape index (κ3) is 3.03. The van der Waals surface area contributed by atoms with Gasteiger partial charge in [-0.15, -0.1) is 0 Å². The molecule has 2 N–H and O–H groups in total. The Hall–Kier alpha value is -3.60. The molecule has 0 aliphatic heterocycles. The highest BCUT2D eigenvalue weighted by atomic mass is 16.5. The summed E-state index contributed by atoms with van der Waals surface area (Å²) in [4.78, 5) is 24.2. The number of nitrogens with one attached hydrogen (secondary N) is 1. The zero-order valence-electron chi connectivity index (χ0n) is 16.3. The number of hydrogen-bond donors (Lipinski definition) is 2. The summed E-state index contributed by atoms with van der Waals surface area (Å²) in [7, 11) is 0. The van der Waals surface area contributed by atoms with Crippen LogP contribution in [0, 0.1) is 0 Å². The quantitative estimate of drug-likeness (QED) is 0.639. The summed E-state index contributed by atoms with van der Waals surface area (Å²) in [5, 5.41) is 12.4. The Labute approximate surface area is 174 Å². The van der Waals surface area contributed by atoms with Crippen molar-refractivity contribution in [1.82, 2.24) is 5.32 Å². The molecule has 1 saturated carbocycles. The molecule has 0 aromatic heterocycles. The van der Waals surface area contributed by atoms with Crippen LogP contribution in [0.25, 0.3) is 11.1 Å². The highest BCUT2D eigenvalue weighted by Crippen LogP contribution is 2.47. The first kappa shape index (κ1) is 18.4. The first-order chi connectivity index (χ1) is 14.6. The topological polar surface area (TPSA) is 75.6 Å². The van der Waals surface area contributed by atoms with E-state index in [-0.39, 0.29) is 18.1 Å². The summed E-state index contributed by atoms with van der Waals surface area (Å²) in [5.74, 6) is -1.00. The molecular weight excluding hydrogens is 378 g/mol. The van der Waals surface area contributed by atoms with E-state index in [0.717, 1.165) is 11.1 Å². The summed E-state index contributed by atoms with van der Waals surface area (Å²) >= 11 is 0. The van der Waals surface area contributed by atoms with E-state index in [0.29, 0.717) is 18.4 Å². The molecule has 3 aromatic rings. The highest BCUT2D eigenvalue weighted by molar-refractivity contribution is 5.90. The van der Waals surface area contributed by atoms with Gasteiger partial charge < -0.3 is 15.2 Å². The summed E-state index contributed by atoms with van der Waals surface area (Å²) in [6, 6.07) is 23.2. The van der Waals surface area contributed by atoms with Gasteiger partial charge in [-0.2, -0.15) is 0 Å². The largest absolute Gasteiger partial charge is 0.478 e. The van der Waals surface area contributed by atoms with Gasteiger partial charge in [0.15, 0.2) is 0 Å². The van der Waals surface area contributed by atoms with Gasteiger partial charge in [0.1, 0.15) is 6.61 Å². The second kappa shape index (κ2) is 7.02. The molecule has 3 aromatic carbocycles. The smallest absolute Gasteiger partial charge is 0.407 e. The molecule has 0 spiro atoms. The Morgan fingerprint density at radius 1 is 0.900 bits per heavy atom. The molecule has 1 amide bonds. The van der Waals surface area contributed by atoms with Crippen molar-refractivity contribution in [2.75, 3.05) is 6.61 Å². The molecule has 150 valence electrons. The van der Waals surface area contributed by atoms with Gasteiger partial charge in [-0.25, -0.2) is 9.59 Å². The first-order valence-electron chi connectivity index (χ1n) is 10.0. The number of hydrogen-bond acceptors (Lipinski definition) is 3. The van der Waals surface area contributed by atoms with Crippen molar-refractivity contribution in [2.45, 2.75) is 24.3 Å². The zero-order chi connectivity index (χ0) is 20.7. The van der Waals surface area contributed by atoms with Crippen LogP contribution in [0.4, 0.5) is 4.79 Å². The van der Waals surface area contributed by atoms with E-state index in [1.807, 2.05) is 24.3 Å². The fraction of sp³-hybridized carbons (Fsp3) is 0.200. The number of rotatable bonds is 5. The molecule has 0 radical (unpaired) electrons. The second-order valence-electron chi connectivity index (χ2n) is 7.88. The molecule has 0 bridgehead atoms. The van der Waals surface area contributed by atoms with E-state index in [2.05, 4.69) is 29.6 Å². The predicted octanol–water partition coefficient (Wildman–Crippen LogP) is 4.91. The van der Waals surface area contributed by atoms with Crippen molar-refractivity contribution < 1.29 is 19.4 Å². The minimum atomic E-state index is -0.994. The summed E-state index contributed by atoms with van der Waals surface area (Å²) in [5.41, 5.74) is 4.86. The normalized spacial score (nSPS) is 15.7. The summed E-state index contributed by atoms with van der Waals surface area (Å²) in [6.45, 7) is 0.233. The number of fused-ring (bicyclic) bond motifs is 3. The Kier molecular flexibility index (Phi) is 4.31. The van der Waals surface area contributed by atoms with Crippen molar-refractivity contribution in [3.05, 3.63) is 95.1 Å². The number of carbonyl (C=O) groups excluding carboxylic acids is 1. The van der Waals surface area contributed by atoms with E-state index in [1.54, 1.807) is 24.3 Å². The van der Waals surface area contributed by atoms with Gasteiger partial charge in [-0.1, -0.05) is 66.7 Å². The molecule has 2 aliphatic rings. The molecule has 0 unspecified atom stereocenters. The Bertz CT molecular complexity index is 1100. The molecule has 30 heavy (non-hydrogen) atoms. The standard InChI is InChI=1S/C25H21NO4/c27-23(28)20-11-5-6-12-22(20)25(13-14-25)26-24(29)30-15-21-18-9-3-1-7-16(18)17-8-2-4-10-19(17)21/h1-12,21H,13-15H2,(H,26,29)(H,27,28). The lowest BCUT2D eigenvalue weighted by atomic mass is 9.98. The van der Waals surface area contributed by atoms with Gasteiger partial charge in [-0.3, -0.25) is 0 Å². The molecule has 2 aliphatic carbocycles. The van der Waals surface area contributed by atoms with Crippen LogP contribution in [-0.4, -0.2) is 23.8 Å². The maximum Gasteiger partial charge on any atom is 0.407 e. The van der Waals surface area contributed by atoms with E-state index in [4.69, 9.17) is 4.74 Å². The molecular formula is C25H21NO4. The van der Waals surface area contributed by atoms with E-state index in [9.17, 15) is 14.7 Å². The first-order valence-corrected chi connectivity index (χ1v) is 10.0. The number of aromatic carboxylic acids is 1. The molecule has 0 heterocycles. The summed E-state index contributed by atoms with van der Waals surface area (Å²) in [6.07, 6.45) is 0.873. The molecule has 5 heteroatoms. The highest BCUT2D eigenvalue weighted by Gasteiger charge is 2.48. The lowest BCUT2D eigenvalue weighted by molar-refractivity contribution is 0.0693. The van der Waals surface area contributed by atoms with Gasteiger partial charge in [0.2, 0.25) is 0 Å². The Morgan fingerprint density at radius 2 is 1.47 bits per heavy atom. The van der Waals surface area contributed by atoms with Crippen LogP contribution < -0.4 is 5.32 Å². The fourth-order valence-electron chi connectivity index (χ4n) is 4.50. The maximum absolute atomic E-state index is 12.7. The number of carboxylic acid groups (broad SMARTS) is 1. The van der Waals surface area contributed by atoms with Crippen LogP contribution in [0.2, 0.25) is 0 Å².